The fraction of sp³-hybridized carbons (Fsp3) is 0.400. The van der Waals surface area contributed by atoms with Crippen molar-refractivity contribution in [3.05, 3.63) is 35.9 Å². The SMILES string of the molecule is CC(=O)Oc1cc(N(C)C)ccc1C=NN1C(=O)C2C3C=CC(C3)C2C1=O. The highest BCUT2D eigenvalue weighted by molar-refractivity contribution is 6.07. The van der Waals surface area contributed by atoms with E-state index in [-0.39, 0.29) is 35.5 Å². The highest BCUT2D eigenvalue weighted by atomic mass is 16.5. The van der Waals surface area contributed by atoms with Gasteiger partial charge in [0.15, 0.2) is 0 Å². The van der Waals surface area contributed by atoms with Crippen LogP contribution in [0.5, 0.6) is 5.75 Å². The minimum absolute atomic E-state index is 0.146. The number of esters is 1. The van der Waals surface area contributed by atoms with E-state index in [1.54, 1.807) is 12.1 Å². The Morgan fingerprint density at radius 2 is 1.81 bits per heavy atom. The van der Waals surface area contributed by atoms with E-state index in [9.17, 15) is 14.4 Å². The van der Waals surface area contributed by atoms with E-state index >= 15 is 0 Å². The molecule has 2 bridgehead atoms. The molecule has 0 aromatic heterocycles. The second-order valence-electron chi connectivity index (χ2n) is 7.44. The summed E-state index contributed by atoms with van der Waals surface area (Å²) >= 11 is 0. The standard InChI is InChI=1S/C20H21N3O4/c1-11(24)27-16-9-15(22(2)3)7-6-14(16)10-21-23-19(25)17-12-4-5-13(8-12)18(17)20(23)26/h4-7,9-10,12-13,17-18H,8H2,1-3H3. The van der Waals surface area contributed by atoms with Crippen molar-refractivity contribution in [3.63, 3.8) is 0 Å². The van der Waals surface area contributed by atoms with Gasteiger partial charge in [-0.3, -0.25) is 14.4 Å². The van der Waals surface area contributed by atoms with Gasteiger partial charge < -0.3 is 9.64 Å². The molecule has 4 rings (SSSR count). The third kappa shape index (κ3) is 2.83. The van der Waals surface area contributed by atoms with Gasteiger partial charge in [-0.15, -0.1) is 0 Å². The first-order valence-electron chi connectivity index (χ1n) is 8.96. The second kappa shape index (κ2) is 6.33. The lowest BCUT2D eigenvalue weighted by atomic mass is 9.85. The van der Waals surface area contributed by atoms with Crippen molar-refractivity contribution in [2.45, 2.75) is 13.3 Å². The predicted molar refractivity (Wildman–Crippen MR) is 99.2 cm³/mol. The molecule has 2 aliphatic carbocycles. The zero-order valence-electron chi connectivity index (χ0n) is 15.5. The number of allylic oxidation sites excluding steroid dienone is 2. The quantitative estimate of drug-likeness (QED) is 0.267. The monoisotopic (exact) mass is 367 g/mol. The number of imide groups is 1. The van der Waals surface area contributed by atoms with E-state index in [0.29, 0.717) is 11.3 Å². The van der Waals surface area contributed by atoms with Gasteiger partial charge in [0.05, 0.1) is 18.1 Å². The summed E-state index contributed by atoms with van der Waals surface area (Å²) in [5, 5.41) is 5.14. The lowest BCUT2D eigenvalue weighted by Gasteiger charge is -2.15. The zero-order valence-corrected chi connectivity index (χ0v) is 15.5. The van der Waals surface area contributed by atoms with Crippen LogP contribution in [0, 0.1) is 23.7 Å². The van der Waals surface area contributed by atoms with Crippen molar-refractivity contribution in [2.24, 2.45) is 28.8 Å². The third-order valence-electron chi connectivity index (χ3n) is 5.53. The first kappa shape index (κ1) is 17.5. The number of nitrogens with zero attached hydrogens (tertiary/aromatic N) is 3. The highest BCUT2D eigenvalue weighted by Gasteiger charge is 2.59. The molecule has 3 aliphatic rings. The van der Waals surface area contributed by atoms with Crippen molar-refractivity contribution in [2.75, 3.05) is 19.0 Å². The van der Waals surface area contributed by atoms with Crippen molar-refractivity contribution in [1.82, 2.24) is 5.01 Å². The van der Waals surface area contributed by atoms with Crippen molar-refractivity contribution in [3.8, 4) is 5.75 Å². The minimum Gasteiger partial charge on any atom is -0.426 e. The minimum atomic E-state index is -0.453. The Hall–Kier alpha value is -2.96. The van der Waals surface area contributed by atoms with Gasteiger partial charge in [-0.05, 0) is 30.4 Å². The van der Waals surface area contributed by atoms with Crippen LogP contribution in [-0.4, -0.2) is 43.1 Å². The molecular weight excluding hydrogens is 346 g/mol. The first-order chi connectivity index (χ1) is 12.9. The molecule has 2 fully saturated rings. The fourth-order valence-corrected chi connectivity index (χ4v) is 4.27. The number of fused-ring (bicyclic) bond motifs is 5. The van der Waals surface area contributed by atoms with Crippen LogP contribution in [0.25, 0.3) is 0 Å². The summed E-state index contributed by atoms with van der Waals surface area (Å²) in [6.45, 7) is 1.32. The molecule has 1 aromatic carbocycles. The molecule has 7 nitrogen and oxygen atoms in total. The Morgan fingerprint density at radius 1 is 1.19 bits per heavy atom. The molecule has 1 aliphatic heterocycles. The number of hydrazone groups is 1. The normalized spacial score (nSPS) is 28.3. The number of hydrogen-bond donors (Lipinski definition) is 0. The lowest BCUT2D eigenvalue weighted by Crippen LogP contribution is -2.28. The van der Waals surface area contributed by atoms with Gasteiger partial charge in [-0.1, -0.05) is 12.2 Å². The van der Waals surface area contributed by atoms with Crippen molar-refractivity contribution >= 4 is 29.7 Å². The largest absolute Gasteiger partial charge is 0.426 e. The molecule has 0 N–H and O–H groups in total. The molecule has 4 atom stereocenters. The summed E-state index contributed by atoms with van der Waals surface area (Å²) < 4.78 is 5.27. The average Bonchev–Trinajstić information content (AvgIpc) is 3.28. The van der Waals surface area contributed by atoms with Crippen LogP contribution in [0.1, 0.15) is 18.9 Å². The smallest absolute Gasteiger partial charge is 0.308 e. The molecule has 1 saturated carbocycles. The highest BCUT2D eigenvalue weighted by Crippen LogP contribution is 2.52. The predicted octanol–water partition coefficient (Wildman–Crippen LogP) is 1.82. The van der Waals surface area contributed by atoms with Gasteiger partial charge in [0.1, 0.15) is 5.75 Å². The molecule has 140 valence electrons. The maximum atomic E-state index is 12.7. The van der Waals surface area contributed by atoms with E-state index in [4.69, 9.17) is 4.74 Å². The zero-order chi connectivity index (χ0) is 19.3. The van der Waals surface area contributed by atoms with Gasteiger partial charge in [0.2, 0.25) is 0 Å². The molecule has 1 aromatic rings. The topological polar surface area (TPSA) is 79.3 Å². The number of carbonyl (C=O) groups is 3. The van der Waals surface area contributed by atoms with Crippen LogP contribution in [-0.2, 0) is 14.4 Å². The average molecular weight is 367 g/mol. The summed E-state index contributed by atoms with van der Waals surface area (Å²) in [6, 6.07) is 5.31. The fourth-order valence-electron chi connectivity index (χ4n) is 4.27. The molecule has 0 radical (unpaired) electrons. The number of rotatable bonds is 4. The summed E-state index contributed by atoms with van der Waals surface area (Å²) in [6.07, 6.45) is 6.38. The van der Waals surface area contributed by atoms with Crippen LogP contribution in [0.2, 0.25) is 0 Å². The van der Waals surface area contributed by atoms with Crippen LogP contribution in [0.3, 0.4) is 0 Å². The first-order valence-corrected chi connectivity index (χ1v) is 8.96. The Balaban J connectivity index is 1.60. The van der Waals surface area contributed by atoms with Gasteiger partial charge in [-0.25, -0.2) is 0 Å². The van der Waals surface area contributed by atoms with Crippen molar-refractivity contribution in [1.29, 1.82) is 0 Å². The summed E-state index contributed by atoms with van der Waals surface area (Å²) in [4.78, 5) is 38.7. The Bertz CT molecular complexity index is 859. The number of hydrogen-bond acceptors (Lipinski definition) is 6. The number of benzene rings is 1. The number of amides is 2. The van der Waals surface area contributed by atoms with Crippen LogP contribution in [0.4, 0.5) is 5.69 Å². The second-order valence-corrected chi connectivity index (χ2v) is 7.44. The van der Waals surface area contributed by atoms with E-state index in [1.807, 2.05) is 37.2 Å². The number of carbonyl (C=O) groups excluding carboxylic acids is 3. The Morgan fingerprint density at radius 3 is 2.37 bits per heavy atom. The number of anilines is 1. The molecule has 4 unspecified atom stereocenters. The third-order valence-corrected chi connectivity index (χ3v) is 5.53. The molecule has 1 saturated heterocycles. The Kier molecular flexibility index (Phi) is 4.09. The molecule has 7 heteroatoms. The number of ether oxygens (including phenoxy) is 1. The van der Waals surface area contributed by atoms with Gasteiger partial charge in [0.25, 0.3) is 11.8 Å². The van der Waals surface area contributed by atoms with Crippen LogP contribution >= 0.6 is 0 Å². The molecular formula is C20H21N3O4. The summed E-state index contributed by atoms with van der Waals surface area (Å²) in [7, 11) is 3.76. The molecule has 0 spiro atoms. The maximum Gasteiger partial charge on any atom is 0.308 e. The van der Waals surface area contributed by atoms with Crippen LogP contribution < -0.4 is 9.64 Å². The summed E-state index contributed by atoms with van der Waals surface area (Å²) in [5.41, 5.74) is 1.38. The Labute approximate surface area is 157 Å². The van der Waals surface area contributed by atoms with E-state index in [0.717, 1.165) is 17.1 Å². The maximum absolute atomic E-state index is 12.7. The molecule has 2 amide bonds. The van der Waals surface area contributed by atoms with Gasteiger partial charge >= 0.3 is 5.97 Å². The van der Waals surface area contributed by atoms with Crippen molar-refractivity contribution < 1.29 is 19.1 Å². The van der Waals surface area contributed by atoms with E-state index in [2.05, 4.69) is 5.10 Å². The van der Waals surface area contributed by atoms with E-state index < -0.39 is 5.97 Å². The lowest BCUT2D eigenvalue weighted by molar-refractivity contribution is -0.140. The van der Waals surface area contributed by atoms with Gasteiger partial charge in [-0.2, -0.15) is 10.1 Å². The summed E-state index contributed by atoms with van der Waals surface area (Å²) in [5.74, 6) is -0.874. The van der Waals surface area contributed by atoms with Gasteiger partial charge in [0, 0.05) is 38.3 Å². The van der Waals surface area contributed by atoms with E-state index in [1.165, 1.54) is 13.1 Å². The molecule has 1 heterocycles. The van der Waals surface area contributed by atoms with Crippen LogP contribution in [0.15, 0.2) is 35.5 Å². The molecule has 27 heavy (non-hydrogen) atoms.